The van der Waals surface area contributed by atoms with Gasteiger partial charge in [-0.25, -0.2) is 4.79 Å². The Morgan fingerprint density at radius 3 is 2.50 bits per heavy atom. The van der Waals surface area contributed by atoms with Crippen LogP contribution in [0, 0.1) is 10.1 Å². The normalized spacial score (nSPS) is 10.5. The minimum atomic E-state index is -1.32. The number of carbonyl (C=O) groups is 1. The van der Waals surface area contributed by atoms with Crippen LogP contribution in [0.2, 0.25) is 0 Å². The van der Waals surface area contributed by atoms with E-state index in [1.54, 1.807) is 0 Å². The van der Waals surface area contributed by atoms with Crippen molar-refractivity contribution in [3.05, 3.63) is 33.9 Å². The highest BCUT2D eigenvalue weighted by Gasteiger charge is 2.18. The summed E-state index contributed by atoms with van der Waals surface area (Å²) < 4.78 is 0. The number of nitro groups is 1. The molecule has 1 aromatic carbocycles. The Kier molecular flexibility index (Phi) is 3.09. The summed E-state index contributed by atoms with van der Waals surface area (Å²) in [5.41, 5.74) is -0.847. The third kappa shape index (κ3) is 2.27. The van der Waals surface area contributed by atoms with E-state index in [0.717, 1.165) is 18.2 Å². The van der Waals surface area contributed by atoms with Gasteiger partial charge in [0.2, 0.25) is 0 Å². The van der Waals surface area contributed by atoms with Crippen LogP contribution in [0.25, 0.3) is 6.08 Å². The van der Waals surface area contributed by atoms with Crippen molar-refractivity contribution in [2.45, 2.75) is 0 Å². The first-order valence-electron chi connectivity index (χ1n) is 4.04. The SMILES string of the molecule is O=C(O)/C=C/c1c([N+](=O)[O-])ccc(O)c1O. The lowest BCUT2D eigenvalue weighted by molar-refractivity contribution is -0.385. The summed E-state index contributed by atoms with van der Waals surface area (Å²) in [5.74, 6) is -2.61. The molecule has 0 aliphatic heterocycles. The van der Waals surface area contributed by atoms with Crippen molar-refractivity contribution in [3.8, 4) is 11.5 Å². The van der Waals surface area contributed by atoms with E-state index in [1.165, 1.54) is 0 Å². The van der Waals surface area contributed by atoms with Gasteiger partial charge in [-0.3, -0.25) is 10.1 Å². The number of phenolic OH excluding ortho intramolecular Hbond substituents is 2. The molecule has 0 saturated carbocycles. The van der Waals surface area contributed by atoms with E-state index in [1.807, 2.05) is 0 Å². The maximum atomic E-state index is 10.6. The van der Waals surface area contributed by atoms with Crippen LogP contribution in [0.1, 0.15) is 5.56 Å². The zero-order chi connectivity index (χ0) is 12.3. The largest absolute Gasteiger partial charge is 0.504 e. The fraction of sp³-hybridized carbons (Fsp3) is 0. The van der Waals surface area contributed by atoms with Crippen LogP contribution >= 0.6 is 0 Å². The standard InChI is InChI=1S/C9H7NO6/c11-7-3-2-6(10(15)16)5(9(7)14)1-4-8(12)13/h1-4,11,14H,(H,12,13)/b4-1+. The summed E-state index contributed by atoms with van der Waals surface area (Å²) in [7, 11) is 0. The molecule has 0 aliphatic carbocycles. The Labute approximate surface area is 89.0 Å². The molecule has 7 heteroatoms. The molecule has 16 heavy (non-hydrogen) atoms. The van der Waals surface area contributed by atoms with Crippen molar-refractivity contribution in [1.82, 2.24) is 0 Å². The van der Waals surface area contributed by atoms with Crippen LogP contribution in [0.4, 0.5) is 5.69 Å². The zero-order valence-electron chi connectivity index (χ0n) is 7.82. The van der Waals surface area contributed by atoms with Gasteiger partial charge >= 0.3 is 5.97 Å². The molecule has 0 atom stereocenters. The Morgan fingerprint density at radius 1 is 1.38 bits per heavy atom. The third-order valence-corrected chi connectivity index (χ3v) is 1.76. The van der Waals surface area contributed by atoms with Crippen molar-refractivity contribution >= 4 is 17.7 Å². The summed E-state index contributed by atoms with van der Waals surface area (Å²) in [4.78, 5) is 20.0. The van der Waals surface area contributed by atoms with Crippen molar-refractivity contribution in [3.63, 3.8) is 0 Å². The van der Waals surface area contributed by atoms with E-state index in [-0.39, 0.29) is 5.56 Å². The molecule has 0 fully saturated rings. The number of rotatable bonds is 3. The third-order valence-electron chi connectivity index (χ3n) is 1.76. The number of carboxylic acids is 1. The number of aliphatic carboxylic acids is 1. The van der Waals surface area contributed by atoms with Gasteiger partial charge in [0.15, 0.2) is 11.5 Å². The second-order valence-electron chi connectivity index (χ2n) is 2.79. The molecule has 1 rings (SSSR count). The second kappa shape index (κ2) is 4.30. The first kappa shape index (κ1) is 11.5. The molecular weight excluding hydrogens is 218 g/mol. The second-order valence-corrected chi connectivity index (χ2v) is 2.79. The summed E-state index contributed by atoms with van der Waals surface area (Å²) in [6.45, 7) is 0. The molecule has 84 valence electrons. The Hall–Kier alpha value is -2.57. The van der Waals surface area contributed by atoms with E-state index in [4.69, 9.17) is 10.2 Å². The number of nitrogens with zero attached hydrogens (tertiary/aromatic N) is 1. The monoisotopic (exact) mass is 225 g/mol. The molecule has 0 radical (unpaired) electrons. The Balaban J connectivity index is 3.37. The van der Waals surface area contributed by atoms with Gasteiger partial charge in [0.05, 0.1) is 10.5 Å². The van der Waals surface area contributed by atoms with Crippen molar-refractivity contribution in [2.75, 3.05) is 0 Å². The van der Waals surface area contributed by atoms with E-state index in [0.29, 0.717) is 6.08 Å². The molecule has 7 nitrogen and oxygen atoms in total. The van der Waals surface area contributed by atoms with Gasteiger partial charge in [0.1, 0.15) is 0 Å². The number of phenols is 2. The predicted molar refractivity (Wildman–Crippen MR) is 53.1 cm³/mol. The van der Waals surface area contributed by atoms with E-state index >= 15 is 0 Å². The van der Waals surface area contributed by atoms with Crippen molar-refractivity contribution < 1.29 is 25.0 Å². The molecule has 0 saturated heterocycles. The summed E-state index contributed by atoms with van der Waals surface area (Å²) in [6, 6.07) is 1.92. The molecule has 0 aliphatic rings. The smallest absolute Gasteiger partial charge is 0.328 e. The maximum Gasteiger partial charge on any atom is 0.328 e. The van der Waals surface area contributed by atoms with Crippen LogP contribution in [-0.4, -0.2) is 26.2 Å². The minimum Gasteiger partial charge on any atom is -0.504 e. The molecular formula is C9H7NO6. The quantitative estimate of drug-likeness (QED) is 0.306. The number of carboxylic acid groups (broad SMARTS) is 1. The first-order chi connectivity index (χ1) is 7.43. The van der Waals surface area contributed by atoms with E-state index in [9.17, 15) is 20.0 Å². The lowest BCUT2D eigenvalue weighted by Gasteiger charge is -2.02. The molecule has 1 aromatic rings. The van der Waals surface area contributed by atoms with Crippen LogP contribution < -0.4 is 0 Å². The number of nitro benzene ring substituents is 1. The minimum absolute atomic E-state index is 0.354. The lowest BCUT2D eigenvalue weighted by atomic mass is 10.1. The molecule has 0 spiro atoms. The van der Waals surface area contributed by atoms with E-state index < -0.39 is 28.1 Å². The highest BCUT2D eigenvalue weighted by Crippen LogP contribution is 2.36. The lowest BCUT2D eigenvalue weighted by Crippen LogP contribution is -1.93. The van der Waals surface area contributed by atoms with Gasteiger partial charge in [0.25, 0.3) is 5.69 Å². The van der Waals surface area contributed by atoms with Crippen LogP contribution in [-0.2, 0) is 4.79 Å². The van der Waals surface area contributed by atoms with Gasteiger partial charge < -0.3 is 15.3 Å². The predicted octanol–water partition coefficient (Wildman–Crippen LogP) is 1.10. The highest BCUT2D eigenvalue weighted by molar-refractivity contribution is 5.87. The fourth-order valence-electron chi connectivity index (χ4n) is 1.06. The number of hydrogen-bond acceptors (Lipinski definition) is 5. The fourth-order valence-corrected chi connectivity index (χ4v) is 1.06. The molecule has 0 bridgehead atoms. The molecule has 0 aromatic heterocycles. The molecule has 3 N–H and O–H groups in total. The van der Waals surface area contributed by atoms with Gasteiger partial charge in [-0.15, -0.1) is 0 Å². The van der Waals surface area contributed by atoms with Crippen LogP contribution in [0.15, 0.2) is 18.2 Å². The highest BCUT2D eigenvalue weighted by atomic mass is 16.6. The average Bonchev–Trinajstić information content (AvgIpc) is 2.19. The number of hydrogen-bond donors (Lipinski definition) is 3. The maximum absolute atomic E-state index is 10.6. The van der Waals surface area contributed by atoms with Crippen LogP contribution in [0.5, 0.6) is 11.5 Å². The molecule has 0 amide bonds. The molecule has 0 heterocycles. The van der Waals surface area contributed by atoms with Gasteiger partial charge in [-0.1, -0.05) is 0 Å². The van der Waals surface area contributed by atoms with Crippen molar-refractivity contribution in [1.29, 1.82) is 0 Å². The summed E-state index contributed by atoms with van der Waals surface area (Å²) in [5, 5.41) is 37.4. The summed E-state index contributed by atoms with van der Waals surface area (Å²) >= 11 is 0. The molecule has 0 unspecified atom stereocenters. The first-order valence-corrected chi connectivity index (χ1v) is 4.04. The van der Waals surface area contributed by atoms with Crippen molar-refractivity contribution in [2.24, 2.45) is 0 Å². The number of aromatic hydroxyl groups is 2. The van der Waals surface area contributed by atoms with Gasteiger partial charge in [0, 0.05) is 12.1 Å². The van der Waals surface area contributed by atoms with Crippen LogP contribution in [0.3, 0.4) is 0 Å². The average molecular weight is 225 g/mol. The van der Waals surface area contributed by atoms with Gasteiger partial charge in [-0.05, 0) is 12.1 Å². The Bertz CT molecular complexity index is 479. The number of benzene rings is 1. The summed E-state index contributed by atoms with van der Waals surface area (Å²) in [6.07, 6.45) is 1.47. The topological polar surface area (TPSA) is 121 Å². The zero-order valence-corrected chi connectivity index (χ0v) is 7.82. The van der Waals surface area contributed by atoms with E-state index in [2.05, 4.69) is 0 Å². The Morgan fingerprint density at radius 2 is 2.00 bits per heavy atom. The van der Waals surface area contributed by atoms with Gasteiger partial charge in [-0.2, -0.15) is 0 Å².